The van der Waals surface area contributed by atoms with Crippen molar-refractivity contribution in [3.05, 3.63) is 52.9 Å². The number of nitrogens with one attached hydrogen (secondary N) is 1. The fourth-order valence-corrected chi connectivity index (χ4v) is 2.69. The van der Waals surface area contributed by atoms with Crippen molar-refractivity contribution in [2.45, 2.75) is 19.5 Å². The molecular formula is C18H16ClN5O3. The van der Waals surface area contributed by atoms with Crippen LogP contribution in [0.3, 0.4) is 0 Å². The van der Waals surface area contributed by atoms with Crippen LogP contribution >= 0.6 is 11.6 Å². The smallest absolute Gasteiger partial charge is 0.290 e. The lowest BCUT2D eigenvalue weighted by Crippen LogP contribution is -2.35. The van der Waals surface area contributed by atoms with Crippen LogP contribution in [0.4, 0.5) is 0 Å². The number of carbonyl (C=O) groups is 1. The minimum Gasteiger partial charge on any atom is -0.479 e. The number of ether oxygens (including phenoxy) is 1. The highest BCUT2D eigenvalue weighted by Crippen LogP contribution is 2.24. The van der Waals surface area contributed by atoms with E-state index in [-0.39, 0.29) is 23.6 Å². The molecule has 27 heavy (non-hydrogen) atoms. The number of halogens is 1. The summed E-state index contributed by atoms with van der Waals surface area (Å²) >= 11 is 6.07. The van der Waals surface area contributed by atoms with Gasteiger partial charge in [-0.05, 0) is 30.3 Å². The summed E-state index contributed by atoms with van der Waals surface area (Å²) in [6.45, 7) is 2.31. The van der Waals surface area contributed by atoms with E-state index in [1.165, 1.54) is 13.2 Å². The summed E-state index contributed by atoms with van der Waals surface area (Å²) in [7, 11) is 1.44. The molecule has 1 atom stereocenters. The van der Waals surface area contributed by atoms with Crippen molar-refractivity contribution in [2.24, 2.45) is 0 Å². The summed E-state index contributed by atoms with van der Waals surface area (Å²) in [5.41, 5.74) is 1.95. The molecule has 0 aliphatic heterocycles. The van der Waals surface area contributed by atoms with Gasteiger partial charge in [-0.25, -0.2) is 0 Å². The van der Waals surface area contributed by atoms with Gasteiger partial charge in [-0.15, -0.1) is 0 Å². The van der Waals surface area contributed by atoms with E-state index >= 15 is 0 Å². The first-order chi connectivity index (χ1) is 13.0. The average molecular weight is 386 g/mol. The standard InChI is InChI=1S/C18H16ClN5O3/c1-11(21-18(25)16-8-17(26-2)23-27-16)10-24-6-5-15(22-24)12-3-4-13(9-20)14(19)7-12/h3-8,11H,10H2,1-2H3,(H,21,25)/t11-/m0/s1. The van der Waals surface area contributed by atoms with Crippen molar-refractivity contribution in [1.29, 1.82) is 5.26 Å². The molecule has 1 amide bonds. The largest absolute Gasteiger partial charge is 0.479 e. The monoisotopic (exact) mass is 385 g/mol. The predicted octanol–water partition coefficient (Wildman–Crippen LogP) is 2.89. The minimum absolute atomic E-state index is 0.0760. The Morgan fingerprint density at radius 2 is 2.26 bits per heavy atom. The van der Waals surface area contributed by atoms with Crippen LogP contribution in [-0.4, -0.2) is 34.0 Å². The van der Waals surface area contributed by atoms with E-state index in [4.69, 9.17) is 26.1 Å². The molecular weight excluding hydrogens is 370 g/mol. The van der Waals surface area contributed by atoms with Crippen molar-refractivity contribution in [2.75, 3.05) is 7.11 Å². The molecule has 2 aromatic heterocycles. The number of carbonyl (C=O) groups excluding carboxylic acids is 1. The maximum atomic E-state index is 12.1. The SMILES string of the molecule is COc1cc(C(=O)N[C@@H](C)Cn2ccc(-c3ccc(C#N)c(Cl)c3)n2)on1. The first kappa shape index (κ1) is 18.5. The zero-order valence-corrected chi connectivity index (χ0v) is 15.4. The molecule has 0 aliphatic carbocycles. The maximum Gasteiger partial charge on any atom is 0.290 e. The van der Waals surface area contributed by atoms with E-state index in [1.807, 2.05) is 25.3 Å². The van der Waals surface area contributed by atoms with Gasteiger partial charge in [0.05, 0.1) is 36.0 Å². The number of aromatic nitrogens is 3. The van der Waals surface area contributed by atoms with Gasteiger partial charge in [0.2, 0.25) is 5.76 Å². The predicted molar refractivity (Wildman–Crippen MR) is 97.4 cm³/mol. The van der Waals surface area contributed by atoms with Crippen LogP contribution in [0.1, 0.15) is 23.0 Å². The molecule has 3 aromatic rings. The van der Waals surface area contributed by atoms with Crippen molar-refractivity contribution in [3.63, 3.8) is 0 Å². The van der Waals surface area contributed by atoms with Crippen LogP contribution in [0.5, 0.6) is 5.88 Å². The zero-order valence-electron chi connectivity index (χ0n) is 14.6. The second-order valence-corrected chi connectivity index (χ2v) is 6.24. The van der Waals surface area contributed by atoms with Gasteiger partial charge in [0, 0.05) is 17.8 Å². The van der Waals surface area contributed by atoms with Gasteiger partial charge in [0.1, 0.15) is 6.07 Å². The molecule has 9 heteroatoms. The van der Waals surface area contributed by atoms with Crippen LogP contribution in [-0.2, 0) is 6.54 Å². The molecule has 138 valence electrons. The molecule has 1 N–H and O–H groups in total. The molecule has 3 rings (SSSR count). The highest BCUT2D eigenvalue weighted by molar-refractivity contribution is 6.32. The quantitative estimate of drug-likeness (QED) is 0.699. The van der Waals surface area contributed by atoms with Crippen LogP contribution in [0.25, 0.3) is 11.3 Å². The molecule has 8 nitrogen and oxygen atoms in total. The second-order valence-electron chi connectivity index (χ2n) is 5.84. The van der Waals surface area contributed by atoms with Crippen LogP contribution in [0.15, 0.2) is 41.1 Å². The van der Waals surface area contributed by atoms with Crippen molar-refractivity contribution in [3.8, 4) is 23.2 Å². The molecule has 0 bridgehead atoms. The van der Waals surface area contributed by atoms with E-state index in [0.717, 1.165) is 11.3 Å². The number of amides is 1. The summed E-state index contributed by atoms with van der Waals surface area (Å²) < 4.78 is 11.5. The lowest BCUT2D eigenvalue weighted by Gasteiger charge is -2.12. The molecule has 0 spiro atoms. The van der Waals surface area contributed by atoms with Gasteiger partial charge >= 0.3 is 0 Å². The first-order valence-corrected chi connectivity index (χ1v) is 8.43. The first-order valence-electron chi connectivity index (χ1n) is 8.05. The number of nitriles is 1. The summed E-state index contributed by atoms with van der Waals surface area (Å²) in [6.07, 6.45) is 1.81. The molecule has 0 aliphatic rings. The second kappa shape index (κ2) is 7.93. The number of hydrogen-bond donors (Lipinski definition) is 1. The highest BCUT2D eigenvalue weighted by Gasteiger charge is 2.16. The van der Waals surface area contributed by atoms with Crippen LogP contribution in [0.2, 0.25) is 5.02 Å². The summed E-state index contributed by atoms with van der Waals surface area (Å²) in [4.78, 5) is 12.1. The number of hydrogen-bond acceptors (Lipinski definition) is 6. The van der Waals surface area contributed by atoms with Crippen LogP contribution < -0.4 is 10.1 Å². The van der Waals surface area contributed by atoms with Crippen molar-refractivity contribution < 1.29 is 14.1 Å². The van der Waals surface area contributed by atoms with Crippen LogP contribution in [0, 0.1) is 11.3 Å². The van der Waals surface area contributed by atoms with E-state index in [9.17, 15) is 4.79 Å². The van der Waals surface area contributed by atoms with E-state index in [2.05, 4.69) is 15.6 Å². The molecule has 0 fully saturated rings. The van der Waals surface area contributed by atoms with Gasteiger partial charge in [-0.2, -0.15) is 10.4 Å². The zero-order chi connectivity index (χ0) is 19.4. The Kier molecular flexibility index (Phi) is 5.43. The number of nitrogens with zero attached hydrogens (tertiary/aromatic N) is 4. The van der Waals surface area contributed by atoms with Crippen molar-refractivity contribution in [1.82, 2.24) is 20.3 Å². The Morgan fingerprint density at radius 3 is 2.93 bits per heavy atom. The Labute approximate surface area is 160 Å². The Bertz CT molecular complexity index is 1000. The third-order valence-corrected chi connectivity index (χ3v) is 4.10. The van der Waals surface area contributed by atoms with E-state index in [1.54, 1.807) is 22.9 Å². The summed E-state index contributed by atoms with van der Waals surface area (Å²) in [5, 5.41) is 20.2. The van der Waals surface area contributed by atoms with E-state index < -0.39 is 0 Å². The summed E-state index contributed by atoms with van der Waals surface area (Å²) in [6, 6.07) is 10.2. The summed E-state index contributed by atoms with van der Waals surface area (Å²) in [5.74, 6) is -0.0674. The lowest BCUT2D eigenvalue weighted by atomic mass is 10.1. The Morgan fingerprint density at radius 1 is 1.44 bits per heavy atom. The minimum atomic E-state index is -0.385. The lowest BCUT2D eigenvalue weighted by molar-refractivity contribution is 0.0898. The van der Waals surface area contributed by atoms with Gasteiger partial charge in [0.15, 0.2) is 0 Å². The fourth-order valence-electron chi connectivity index (χ4n) is 2.47. The fraction of sp³-hybridized carbons (Fsp3) is 0.222. The number of benzene rings is 1. The molecule has 1 aromatic carbocycles. The molecule has 0 unspecified atom stereocenters. The molecule has 0 saturated carbocycles. The Balaban J connectivity index is 1.64. The number of methoxy groups -OCH3 is 1. The normalized spacial score (nSPS) is 11.6. The molecule has 0 saturated heterocycles. The van der Waals surface area contributed by atoms with Gasteiger partial charge in [0.25, 0.3) is 11.8 Å². The topological polar surface area (TPSA) is 106 Å². The van der Waals surface area contributed by atoms with Gasteiger partial charge in [-0.1, -0.05) is 17.7 Å². The van der Waals surface area contributed by atoms with E-state index in [0.29, 0.717) is 17.1 Å². The van der Waals surface area contributed by atoms with Crippen molar-refractivity contribution >= 4 is 17.5 Å². The third kappa shape index (κ3) is 4.27. The van der Waals surface area contributed by atoms with Gasteiger partial charge < -0.3 is 14.6 Å². The number of rotatable bonds is 6. The molecule has 0 radical (unpaired) electrons. The Hall–Kier alpha value is -3.31. The highest BCUT2D eigenvalue weighted by atomic mass is 35.5. The van der Waals surface area contributed by atoms with Gasteiger partial charge in [-0.3, -0.25) is 9.48 Å². The molecule has 2 heterocycles. The maximum absolute atomic E-state index is 12.1. The average Bonchev–Trinajstić information content (AvgIpc) is 3.30. The third-order valence-electron chi connectivity index (χ3n) is 3.79.